The summed E-state index contributed by atoms with van der Waals surface area (Å²) in [5.41, 5.74) is 2.60. The van der Waals surface area contributed by atoms with Crippen molar-refractivity contribution in [1.29, 1.82) is 0 Å². The predicted molar refractivity (Wildman–Crippen MR) is 103 cm³/mol. The van der Waals surface area contributed by atoms with E-state index in [1.807, 2.05) is 18.5 Å². The van der Waals surface area contributed by atoms with Crippen LogP contribution in [0.5, 0.6) is 0 Å². The van der Waals surface area contributed by atoms with Crippen molar-refractivity contribution in [2.45, 2.75) is 50.7 Å². The first-order valence-corrected chi connectivity index (χ1v) is 9.69. The highest BCUT2D eigenvalue weighted by Gasteiger charge is 2.46. The lowest BCUT2D eigenvalue weighted by atomic mass is 9.89. The van der Waals surface area contributed by atoms with E-state index >= 15 is 0 Å². The van der Waals surface area contributed by atoms with Gasteiger partial charge in [0.05, 0.1) is 0 Å². The van der Waals surface area contributed by atoms with Gasteiger partial charge < -0.3 is 4.90 Å². The number of aromatic nitrogens is 1. The summed E-state index contributed by atoms with van der Waals surface area (Å²) in [5.74, 6) is 0.585. The maximum absolute atomic E-state index is 12.4. The molecule has 2 fully saturated rings. The molecule has 1 amide bonds. The van der Waals surface area contributed by atoms with E-state index in [-0.39, 0.29) is 5.91 Å². The fourth-order valence-electron chi connectivity index (χ4n) is 4.83. The Morgan fingerprint density at radius 2 is 2.00 bits per heavy atom. The summed E-state index contributed by atoms with van der Waals surface area (Å²) in [5, 5.41) is 0. The van der Waals surface area contributed by atoms with E-state index in [0.717, 1.165) is 26.1 Å². The highest BCUT2D eigenvalue weighted by Crippen LogP contribution is 2.40. The normalized spacial score (nSPS) is 26.3. The Bertz CT molecular complexity index is 734. The number of carbonyl (C=O) groups is 1. The Morgan fingerprint density at radius 3 is 2.73 bits per heavy atom. The van der Waals surface area contributed by atoms with Crippen molar-refractivity contribution in [1.82, 2.24) is 14.8 Å². The van der Waals surface area contributed by atoms with Crippen LogP contribution < -0.4 is 0 Å². The van der Waals surface area contributed by atoms with Gasteiger partial charge in [0.25, 0.3) is 0 Å². The fourth-order valence-corrected chi connectivity index (χ4v) is 4.83. The lowest BCUT2D eigenvalue weighted by Gasteiger charge is -2.35. The van der Waals surface area contributed by atoms with Crippen LogP contribution >= 0.6 is 0 Å². The van der Waals surface area contributed by atoms with Crippen LogP contribution in [-0.2, 0) is 11.3 Å². The number of benzene rings is 1. The van der Waals surface area contributed by atoms with Crippen LogP contribution in [0.4, 0.5) is 0 Å². The summed E-state index contributed by atoms with van der Waals surface area (Å²) < 4.78 is 0. The summed E-state index contributed by atoms with van der Waals surface area (Å²) >= 11 is 0. The van der Waals surface area contributed by atoms with Gasteiger partial charge in [-0.1, -0.05) is 42.8 Å². The molecular formula is C22H27N3O. The summed E-state index contributed by atoms with van der Waals surface area (Å²) in [6.45, 7) is 4.55. The summed E-state index contributed by atoms with van der Waals surface area (Å²) in [6.07, 6.45) is 7.29. The zero-order valence-electron chi connectivity index (χ0n) is 15.4. The molecule has 2 saturated heterocycles. The van der Waals surface area contributed by atoms with Gasteiger partial charge in [0, 0.05) is 50.4 Å². The van der Waals surface area contributed by atoms with E-state index < -0.39 is 0 Å². The second-order valence-electron chi connectivity index (χ2n) is 7.57. The van der Waals surface area contributed by atoms with Crippen molar-refractivity contribution < 1.29 is 4.79 Å². The number of nitrogens with zero attached hydrogens (tertiary/aromatic N) is 3. The maximum Gasteiger partial charge on any atom is 0.219 e. The first kappa shape index (κ1) is 17.2. The molecule has 0 bridgehead atoms. The molecule has 1 aromatic heterocycles. The SMILES string of the molecule is CC(=O)N1C[C@@H](c2ccccc2)[C@H]2[C@@H]1CCCCN2Cc1cccnc1. The lowest BCUT2D eigenvalue weighted by molar-refractivity contribution is -0.130. The number of likely N-dealkylation sites (tertiary alicyclic amines) is 2. The van der Waals surface area contributed by atoms with Crippen molar-refractivity contribution in [2.75, 3.05) is 13.1 Å². The molecule has 0 aliphatic carbocycles. The average Bonchev–Trinajstić information content (AvgIpc) is 2.94. The molecule has 2 aliphatic heterocycles. The predicted octanol–water partition coefficient (Wildman–Crippen LogP) is 3.45. The molecule has 4 heteroatoms. The molecule has 2 aliphatic rings. The van der Waals surface area contributed by atoms with Gasteiger partial charge in [-0.3, -0.25) is 14.7 Å². The van der Waals surface area contributed by atoms with Gasteiger partial charge in [-0.15, -0.1) is 0 Å². The van der Waals surface area contributed by atoms with E-state index in [2.05, 4.69) is 51.2 Å². The second kappa shape index (κ2) is 7.58. The molecule has 0 saturated carbocycles. The van der Waals surface area contributed by atoms with Gasteiger partial charge in [-0.05, 0) is 36.6 Å². The van der Waals surface area contributed by atoms with Crippen LogP contribution in [0.2, 0.25) is 0 Å². The Labute approximate surface area is 155 Å². The molecule has 4 nitrogen and oxygen atoms in total. The Hall–Kier alpha value is -2.20. The third kappa shape index (κ3) is 3.38. The van der Waals surface area contributed by atoms with Crippen LogP contribution in [0.3, 0.4) is 0 Å². The molecular weight excluding hydrogens is 322 g/mol. The van der Waals surface area contributed by atoms with Gasteiger partial charge in [0.15, 0.2) is 0 Å². The molecule has 1 aromatic carbocycles. The van der Waals surface area contributed by atoms with Crippen LogP contribution in [0, 0.1) is 0 Å². The fraction of sp³-hybridized carbons (Fsp3) is 0.455. The maximum atomic E-state index is 12.4. The summed E-state index contributed by atoms with van der Waals surface area (Å²) in [4.78, 5) is 21.4. The molecule has 4 rings (SSSR count). The molecule has 3 heterocycles. The van der Waals surface area contributed by atoms with E-state index in [0.29, 0.717) is 18.0 Å². The molecule has 3 atom stereocenters. The highest BCUT2D eigenvalue weighted by atomic mass is 16.2. The van der Waals surface area contributed by atoms with Crippen LogP contribution in [0.1, 0.15) is 43.2 Å². The number of amides is 1. The molecule has 2 aromatic rings. The van der Waals surface area contributed by atoms with E-state index in [4.69, 9.17) is 0 Å². The van der Waals surface area contributed by atoms with Crippen molar-refractivity contribution in [3.8, 4) is 0 Å². The molecule has 0 radical (unpaired) electrons. The molecule has 136 valence electrons. The average molecular weight is 349 g/mol. The Balaban J connectivity index is 1.69. The van der Waals surface area contributed by atoms with Gasteiger partial charge in [0.1, 0.15) is 0 Å². The first-order valence-electron chi connectivity index (χ1n) is 9.69. The number of carbonyl (C=O) groups excluding carboxylic acids is 1. The minimum atomic E-state index is 0.210. The van der Waals surface area contributed by atoms with Gasteiger partial charge >= 0.3 is 0 Å². The second-order valence-corrected chi connectivity index (χ2v) is 7.57. The topological polar surface area (TPSA) is 36.4 Å². The van der Waals surface area contributed by atoms with Crippen molar-refractivity contribution in [3.63, 3.8) is 0 Å². The zero-order chi connectivity index (χ0) is 17.9. The van der Waals surface area contributed by atoms with Crippen molar-refractivity contribution in [2.24, 2.45) is 0 Å². The number of fused-ring (bicyclic) bond motifs is 1. The largest absolute Gasteiger partial charge is 0.338 e. The molecule has 26 heavy (non-hydrogen) atoms. The quantitative estimate of drug-likeness (QED) is 0.851. The minimum Gasteiger partial charge on any atom is -0.338 e. The summed E-state index contributed by atoms with van der Waals surface area (Å²) in [7, 11) is 0. The van der Waals surface area contributed by atoms with Crippen molar-refractivity contribution >= 4 is 5.91 Å². The Morgan fingerprint density at radius 1 is 1.15 bits per heavy atom. The van der Waals surface area contributed by atoms with E-state index in [1.165, 1.54) is 24.0 Å². The lowest BCUT2D eigenvalue weighted by Crippen LogP contribution is -2.46. The smallest absolute Gasteiger partial charge is 0.219 e. The van der Waals surface area contributed by atoms with Crippen molar-refractivity contribution in [3.05, 3.63) is 66.0 Å². The van der Waals surface area contributed by atoms with Gasteiger partial charge in [-0.25, -0.2) is 0 Å². The number of rotatable bonds is 3. The Kier molecular flexibility index (Phi) is 5.02. The number of hydrogen-bond acceptors (Lipinski definition) is 3. The standard InChI is InChI=1S/C22H27N3O/c1-17(26)25-16-20(19-9-3-2-4-10-19)22-21(25)11-5-6-13-24(22)15-18-8-7-12-23-14-18/h2-4,7-10,12,14,20-22H,5-6,11,13,15-16H2,1H3/t20-,21-,22-/m0/s1. The number of pyridine rings is 1. The molecule has 0 unspecified atom stereocenters. The molecule has 0 N–H and O–H groups in total. The van der Waals surface area contributed by atoms with E-state index in [9.17, 15) is 4.79 Å². The highest BCUT2D eigenvalue weighted by molar-refractivity contribution is 5.74. The van der Waals surface area contributed by atoms with Gasteiger partial charge in [-0.2, -0.15) is 0 Å². The van der Waals surface area contributed by atoms with Crippen LogP contribution in [0.15, 0.2) is 54.9 Å². The monoisotopic (exact) mass is 349 g/mol. The van der Waals surface area contributed by atoms with Gasteiger partial charge in [0.2, 0.25) is 5.91 Å². The molecule has 0 spiro atoms. The van der Waals surface area contributed by atoms with E-state index in [1.54, 1.807) is 6.92 Å². The first-order chi connectivity index (χ1) is 12.7. The zero-order valence-corrected chi connectivity index (χ0v) is 15.4. The third-order valence-corrected chi connectivity index (χ3v) is 5.96. The minimum absolute atomic E-state index is 0.210. The van der Waals surface area contributed by atoms with Crippen LogP contribution in [0.25, 0.3) is 0 Å². The third-order valence-electron chi connectivity index (χ3n) is 5.96. The van der Waals surface area contributed by atoms with Crippen LogP contribution in [-0.4, -0.2) is 45.9 Å². The number of hydrogen-bond donors (Lipinski definition) is 0. The summed E-state index contributed by atoms with van der Waals surface area (Å²) in [6, 6.07) is 15.6.